The van der Waals surface area contributed by atoms with Gasteiger partial charge in [0.2, 0.25) is 5.91 Å². The molecule has 0 radical (unpaired) electrons. The molecule has 1 amide bonds. The molecule has 20 heavy (non-hydrogen) atoms. The predicted octanol–water partition coefficient (Wildman–Crippen LogP) is 3.06. The number of carbonyl (C=O) groups is 1. The maximum atomic E-state index is 13.7. The summed E-state index contributed by atoms with van der Waals surface area (Å²) in [6.45, 7) is 4.54. The second-order valence-corrected chi connectivity index (χ2v) is 5.86. The lowest BCUT2D eigenvalue weighted by Crippen LogP contribution is -2.37. The SMILES string of the molecule is CC(C)CC(CN)C(=O)N(C)Cc1c(F)cccc1Cl. The molecule has 2 N–H and O–H groups in total. The number of rotatable bonds is 6. The number of carbonyl (C=O) groups excluding carboxylic acids is 1. The van der Waals surface area contributed by atoms with Gasteiger partial charge in [0.25, 0.3) is 0 Å². The maximum absolute atomic E-state index is 13.7. The zero-order valence-electron chi connectivity index (χ0n) is 12.2. The van der Waals surface area contributed by atoms with Crippen LogP contribution >= 0.6 is 11.6 Å². The number of halogens is 2. The second kappa shape index (κ2) is 7.60. The Morgan fingerprint density at radius 1 is 1.45 bits per heavy atom. The Kier molecular flexibility index (Phi) is 6.43. The fourth-order valence-electron chi connectivity index (χ4n) is 2.18. The van der Waals surface area contributed by atoms with E-state index in [2.05, 4.69) is 0 Å². The molecule has 0 bridgehead atoms. The highest BCUT2D eigenvalue weighted by Gasteiger charge is 2.23. The van der Waals surface area contributed by atoms with Crippen molar-refractivity contribution in [1.82, 2.24) is 4.90 Å². The topological polar surface area (TPSA) is 46.3 Å². The van der Waals surface area contributed by atoms with Gasteiger partial charge in [-0.15, -0.1) is 0 Å². The molecule has 1 rings (SSSR count). The minimum Gasteiger partial charge on any atom is -0.341 e. The van der Waals surface area contributed by atoms with Crippen LogP contribution in [0.1, 0.15) is 25.8 Å². The fourth-order valence-corrected chi connectivity index (χ4v) is 2.40. The summed E-state index contributed by atoms with van der Waals surface area (Å²) in [6.07, 6.45) is 0.727. The van der Waals surface area contributed by atoms with Crippen molar-refractivity contribution < 1.29 is 9.18 Å². The average molecular weight is 301 g/mol. The molecular formula is C15H22ClFN2O. The van der Waals surface area contributed by atoms with Crippen LogP contribution in [0.5, 0.6) is 0 Å². The van der Waals surface area contributed by atoms with Gasteiger partial charge in [0.05, 0.1) is 5.92 Å². The first-order valence-electron chi connectivity index (χ1n) is 6.74. The van der Waals surface area contributed by atoms with Crippen molar-refractivity contribution >= 4 is 17.5 Å². The van der Waals surface area contributed by atoms with Gasteiger partial charge in [-0.2, -0.15) is 0 Å². The molecule has 0 aliphatic heterocycles. The summed E-state index contributed by atoms with van der Waals surface area (Å²) >= 11 is 5.97. The van der Waals surface area contributed by atoms with Crippen LogP contribution in [0.25, 0.3) is 0 Å². The van der Waals surface area contributed by atoms with E-state index in [4.69, 9.17) is 17.3 Å². The Morgan fingerprint density at radius 3 is 2.60 bits per heavy atom. The molecule has 0 aliphatic rings. The first-order chi connectivity index (χ1) is 9.36. The van der Waals surface area contributed by atoms with Gasteiger partial charge in [-0.3, -0.25) is 4.79 Å². The predicted molar refractivity (Wildman–Crippen MR) is 79.9 cm³/mol. The molecule has 5 heteroatoms. The molecule has 0 spiro atoms. The lowest BCUT2D eigenvalue weighted by Gasteiger charge is -2.24. The molecule has 112 valence electrons. The largest absolute Gasteiger partial charge is 0.341 e. The second-order valence-electron chi connectivity index (χ2n) is 5.46. The molecule has 1 aromatic carbocycles. The van der Waals surface area contributed by atoms with Gasteiger partial charge >= 0.3 is 0 Å². The molecule has 1 atom stereocenters. The van der Waals surface area contributed by atoms with Crippen molar-refractivity contribution in [2.75, 3.05) is 13.6 Å². The number of hydrogen-bond acceptors (Lipinski definition) is 2. The lowest BCUT2D eigenvalue weighted by atomic mass is 9.96. The summed E-state index contributed by atoms with van der Waals surface area (Å²) in [4.78, 5) is 13.8. The number of nitrogens with two attached hydrogens (primary N) is 1. The monoisotopic (exact) mass is 300 g/mol. The molecule has 0 heterocycles. The summed E-state index contributed by atoms with van der Waals surface area (Å²) in [5.74, 6) is -0.311. The van der Waals surface area contributed by atoms with Crippen molar-refractivity contribution in [1.29, 1.82) is 0 Å². The Bertz CT molecular complexity index is 445. The normalized spacial score (nSPS) is 12.6. The average Bonchev–Trinajstić information content (AvgIpc) is 2.39. The van der Waals surface area contributed by atoms with E-state index in [1.165, 1.54) is 11.0 Å². The molecule has 0 saturated carbocycles. The first-order valence-corrected chi connectivity index (χ1v) is 7.12. The highest BCUT2D eigenvalue weighted by molar-refractivity contribution is 6.31. The molecular weight excluding hydrogens is 279 g/mol. The third-order valence-corrected chi connectivity index (χ3v) is 3.58. The Morgan fingerprint density at radius 2 is 2.10 bits per heavy atom. The van der Waals surface area contributed by atoms with Crippen molar-refractivity contribution in [3.8, 4) is 0 Å². The van der Waals surface area contributed by atoms with Crippen LogP contribution < -0.4 is 5.73 Å². The summed E-state index contributed by atoms with van der Waals surface area (Å²) in [5.41, 5.74) is 6.00. The maximum Gasteiger partial charge on any atom is 0.227 e. The Labute approximate surface area is 124 Å². The van der Waals surface area contributed by atoms with Crippen LogP contribution in [-0.4, -0.2) is 24.4 Å². The van der Waals surface area contributed by atoms with E-state index in [0.29, 0.717) is 23.0 Å². The van der Waals surface area contributed by atoms with Gasteiger partial charge in [-0.05, 0) is 24.5 Å². The lowest BCUT2D eigenvalue weighted by molar-refractivity contribution is -0.135. The molecule has 0 saturated heterocycles. The smallest absolute Gasteiger partial charge is 0.227 e. The van der Waals surface area contributed by atoms with Gasteiger partial charge in [-0.25, -0.2) is 4.39 Å². The Hall–Kier alpha value is -1.13. The van der Waals surface area contributed by atoms with Crippen LogP contribution in [0, 0.1) is 17.7 Å². The van der Waals surface area contributed by atoms with E-state index in [9.17, 15) is 9.18 Å². The third kappa shape index (κ3) is 4.46. The van der Waals surface area contributed by atoms with Crippen LogP contribution in [0.15, 0.2) is 18.2 Å². The van der Waals surface area contributed by atoms with E-state index >= 15 is 0 Å². The van der Waals surface area contributed by atoms with Gasteiger partial charge in [0.15, 0.2) is 0 Å². The minimum absolute atomic E-state index is 0.0690. The standard InChI is InChI=1S/C15H22ClFN2O/c1-10(2)7-11(8-18)15(20)19(3)9-12-13(16)5-4-6-14(12)17/h4-6,10-11H,7-9,18H2,1-3H3. The first kappa shape index (κ1) is 16.9. The number of hydrogen-bond donors (Lipinski definition) is 1. The van der Waals surface area contributed by atoms with E-state index < -0.39 is 5.82 Å². The Balaban J connectivity index is 2.79. The molecule has 1 unspecified atom stereocenters. The van der Waals surface area contributed by atoms with Crippen molar-refractivity contribution in [2.45, 2.75) is 26.8 Å². The fraction of sp³-hybridized carbons (Fsp3) is 0.533. The highest BCUT2D eigenvalue weighted by atomic mass is 35.5. The van der Waals surface area contributed by atoms with Crippen LogP contribution in [0.4, 0.5) is 4.39 Å². The van der Waals surface area contributed by atoms with E-state index in [0.717, 1.165) is 6.42 Å². The number of nitrogens with zero attached hydrogens (tertiary/aromatic N) is 1. The highest BCUT2D eigenvalue weighted by Crippen LogP contribution is 2.21. The van der Waals surface area contributed by atoms with Crippen molar-refractivity contribution in [2.24, 2.45) is 17.6 Å². The summed E-state index contributed by atoms with van der Waals surface area (Å²) < 4.78 is 13.7. The van der Waals surface area contributed by atoms with Gasteiger partial charge in [-0.1, -0.05) is 31.5 Å². The van der Waals surface area contributed by atoms with E-state index in [1.807, 2.05) is 13.8 Å². The summed E-state index contributed by atoms with van der Waals surface area (Å²) in [5, 5.41) is 0.331. The number of benzene rings is 1. The van der Waals surface area contributed by atoms with Crippen LogP contribution in [0.3, 0.4) is 0 Å². The molecule has 1 aromatic rings. The van der Waals surface area contributed by atoms with Gasteiger partial charge in [0.1, 0.15) is 5.82 Å². The zero-order valence-corrected chi connectivity index (χ0v) is 13.0. The van der Waals surface area contributed by atoms with Gasteiger partial charge in [0, 0.05) is 30.7 Å². The summed E-state index contributed by atoms with van der Waals surface area (Å²) in [6, 6.07) is 4.51. The van der Waals surface area contributed by atoms with E-state index in [1.54, 1.807) is 19.2 Å². The molecule has 0 fully saturated rings. The molecule has 3 nitrogen and oxygen atoms in total. The number of amides is 1. The quantitative estimate of drug-likeness (QED) is 0.877. The summed E-state index contributed by atoms with van der Waals surface area (Å²) in [7, 11) is 1.65. The third-order valence-electron chi connectivity index (χ3n) is 3.22. The molecule has 0 aliphatic carbocycles. The zero-order chi connectivity index (χ0) is 15.3. The van der Waals surface area contributed by atoms with Crippen LogP contribution in [-0.2, 0) is 11.3 Å². The molecule has 0 aromatic heterocycles. The van der Waals surface area contributed by atoms with Crippen molar-refractivity contribution in [3.63, 3.8) is 0 Å². The van der Waals surface area contributed by atoms with Crippen molar-refractivity contribution in [3.05, 3.63) is 34.6 Å². The van der Waals surface area contributed by atoms with Crippen LogP contribution in [0.2, 0.25) is 5.02 Å². The van der Waals surface area contributed by atoms with E-state index in [-0.39, 0.29) is 18.4 Å². The minimum atomic E-state index is -0.398. The van der Waals surface area contributed by atoms with Gasteiger partial charge < -0.3 is 10.6 Å².